The van der Waals surface area contributed by atoms with Gasteiger partial charge in [-0.3, -0.25) is 0 Å². The van der Waals surface area contributed by atoms with Gasteiger partial charge < -0.3 is 10.5 Å². The molecule has 2 unspecified atom stereocenters. The second kappa shape index (κ2) is 7.32. The van der Waals surface area contributed by atoms with Gasteiger partial charge in [-0.05, 0) is 49.8 Å². The molecule has 2 rings (SSSR count). The van der Waals surface area contributed by atoms with E-state index in [0.29, 0.717) is 6.10 Å². The van der Waals surface area contributed by atoms with Crippen molar-refractivity contribution < 1.29 is 4.74 Å². The molecule has 1 fully saturated rings. The van der Waals surface area contributed by atoms with Gasteiger partial charge in [-0.25, -0.2) is 0 Å². The summed E-state index contributed by atoms with van der Waals surface area (Å²) < 4.78 is 5.67. The molecule has 0 aromatic heterocycles. The van der Waals surface area contributed by atoms with Crippen molar-refractivity contribution in [3.8, 4) is 0 Å². The average molecular weight is 279 g/mol. The largest absolute Gasteiger partial charge is 0.377 e. The molecule has 0 aliphatic carbocycles. The van der Waals surface area contributed by atoms with E-state index in [4.69, 9.17) is 10.5 Å². The number of thioether (sulfide) groups is 1. The molecule has 0 bridgehead atoms. The number of hydrogen-bond acceptors (Lipinski definition) is 3. The molecular formula is C16H25NOS. The molecule has 2 atom stereocenters. The standard InChI is InChI=1S/C16H25NOS/c1-3-14(17)10-13-6-7-16(12(2)9-13)19-11-15-5-4-8-18-15/h6-7,9,14-15H,3-5,8,10-11,17H2,1-2H3. The molecule has 1 aromatic carbocycles. The maximum atomic E-state index is 6.01. The molecule has 106 valence electrons. The van der Waals surface area contributed by atoms with Crippen LogP contribution in [0.3, 0.4) is 0 Å². The molecule has 1 saturated heterocycles. The first-order valence-corrected chi connectivity index (χ1v) is 8.27. The van der Waals surface area contributed by atoms with Crippen molar-refractivity contribution in [1.29, 1.82) is 0 Å². The first-order valence-electron chi connectivity index (χ1n) is 7.28. The van der Waals surface area contributed by atoms with Gasteiger partial charge in [-0.15, -0.1) is 11.8 Å². The molecule has 2 nitrogen and oxygen atoms in total. The Bertz CT molecular complexity index is 402. The van der Waals surface area contributed by atoms with E-state index in [9.17, 15) is 0 Å². The molecule has 1 aliphatic heterocycles. The summed E-state index contributed by atoms with van der Waals surface area (Å²) in [6.45, 7) is 5.28. The van der Waals surface area contributed by atoms with Gasteiger partial charge in [0.25, 0.3) is 0 Å². The molecule has 1 aliphatic rings. The van der Waals surface area contributed by atoms with E-state index in [2.05, 4.69) is 32.0 Å². The van der Waals surface area contributed by atoms with Crippen molar-refractivity contribution in [2.45, 2.75) is 56.6 Å². The van der Waals surface area contributed by atoms with Crippen LogP contribution in [0.1, 0.15) is 37.3 Å². The van der Waals surface area contributed by atoms with Crippen molar-refractivity contribution in [1.82, 2.24) is 0 Å². The number of nitrogens with two attached hydrogens (primary N) is 1. The lowest BCUT2D eigenvalue weighted by molar-refractivity contribution is 0.129. The van der Waals surface area contributed by atoms with Gasteiger partial charge in [0.1, 0.15) is 0 Å². The molecule has 0 radical (unpaired) electrons. The number of aryl methyl sites for hydroxylation is 1. The minimum absolute atomic E-state index is 0.282. The van der Waals surface area contributed by atoms with Crippen LogP contribution in [0.15, 0.2) is 23.1 Å². The predicted octanol–water partition coefficient (Wildman–Crippen LogP) is 3.55. The van der Waals surface area contributed by atoms with Gasteiger partial charge in [0.05, 0.1) is 6.10 Å². The Balaban J connectivity index is 1.90. The van der Waals surface area contributed by atoms with E-state index in [0.717, 1.165) is 25.2 Å². The van der Waals surface area contributed by atoms with Gasteiger partial charge in [-0.1, -0.05) is 19.1 Å². The fourth-order valence-electron chi connectivity index (χ4n) is 2.41. The highest BCUT2D eigenvalue weighted by Crippen LogP contribution is 2.27. The van der Waals surface area contributed by atoms with Crippen molar-refractivity contribution in [3.05, 3.63) is 29.3 Å². The summed E-state index contributed by atoms with van der Waals surface area (Å²) in [6, 6.07) is 7.03. The van der Waals surface area contributed by atoms with Crippen molar-refractivity contribution in [3.63, 3.8) is 0 Å². The first kappa shape index (κ1) is 14.9. The van der Waals surface area contributed by atoms with Crippen molar-refractivity contribution >= 4 is 11.8 Å². The van der Waals surface area contributed by atoms with Crippen LogP contribution in [-0.2, 0) is 11.2 Å². The molecule has 2 N–H and O–H groups in total. The Labute approximate surface area is 121 Å². The van der Waals surface area contributed by atoms with Crippen molar-refractivity contribution in [2.24, 2.45) is 5.73 Å². The lowest BCUT2D eigenvalue weighted by Crippen LogP contribution is -2.21. The SMILES string of the molecule is CCC(N)Cc1ccc(SCC2CCCO2)c(C)c1. The number of ether oxygens (including phenoxy) is 1. The average Bonchev–Trinajstić information content (AvgIpc) is 2.91. The monoisotopic (exact) mass is 279 g/mol. The van der Waals surface area contributed by atoms with E-state index in [1.807, 2.05) is 11.8 Å². The van der Waals surface area contributed by atoms with Crippen LogP contribution in [0.2, 0.25) is 0 Å². The van der Waals surface area contributed by atoms with E-state index in [1.54, 1.807) is 0 Å². The molecule has 1 heterocycles. The van der Waals surface area contributed by atoms with Gasteiger partial charge in [0.15, 0.2) is 0 Å². The molecular weight excluding hydrogens is 254 g/mol. The first-order chi connectivity index (χ1) is 9.19. The van der Waals surface area contributed by atoms with Crippen LogP contribution in [0.25, 0.3) is 0 Å². The summed E-state index contributed by atoms with van der Waals surface area (Å²) in [5.41, 5.74) is 8.73. The molecule has 0 spiro atoms. The lowest BCUT2D eigenvalue weighted by atomic mass is 10.0. The Morgan fingerprint density at radius 2 is 2.32 bits per heavy atom. The maximum absolute atomic E-state index is 6.01. The molecule has 0 saturated carbocycles. The van der Waals surface area contributed by atoms with Crippen LogP contribution in [0.4, 0.5) is 0 Å². The number of benzene rings is 1. The van der Waals surface area contributed by atoms with Gasteiger partial charge in [0, 0.05) is 23.3 Å². The van der Waals surface area contributed by atoms with E-state index < -0.39 is 0 Å². The summed E-state index contributed by atoms with van der Waals surface area (Å²) in [6.07, 6.45) is 4.91. The van der Waals surface area contributed by atoms with Gasteiger partial charge in [0.2, 0.25) is 0 Å². The van der Waals surface area contributed by atoms with Crippen molar-refractivity contribution in [2.75, 3.05) is 12.4 Å². The Hall–Kier alpha value is -0.510. The predicted molar refractivity (Wildman–Crippen MR) is 82.8 cm³/mol. The third-order valence-corrected chi connectivity index (χ3v) is 5.02. The van der Waals surface area contributed by atoms with Gasteiger partial charge in [-0.2, -0.15) is 0 Å². The zero-order valence-electron chi connectivity index (χ0n) is 12.0. The highest BCUT2D eigenvalue weighted by molar-refractivity contribution is 7.99. The second-order valence-electron chi connectivity index (χ2n) is 5.42. The zero-order chi connectivity index (χ0) is 13.7. The minimum atomic E-state index is 0.282. The smallest absolute Gasteiger partial charge is 0.0669 e. The van der Waals surface area contributed by atoms with Crippen LogP contribution < -0.4 is 5.73 Å². The fraction of sp³-hybridized carbons (Fsp3) is 0.625. The zero-order valence-corrected chi connectivity index (χ0v) is 12.8. The quantitative estimate of drug-likeness (QED) is 0.809. The summed E-state index contributed by atoms with van der Waals surface area (Å²) >= 11 is 1.92. The highest BCUT2D eigenvalue weighted by atomic mass is 32.2. The van der Waals surface area contributed by atoms with Crippen LogP contribution >= 0.6 is 11.8 Å². The molecule has 3 heteroatoms. The maximum Gasteiger partial charge on any atom is 0.0669 e. The molecule has 19 heavy (non-hydrogen) atoms. The minimum Gasteiger partial charge on any atom is -0.377 e. The molecule has 1 aromatic rings. The summed E-state index contributed by atoms with van der Waals surface area (Å²) in [5.74, 6) is 1.08. The Morgan fingerprint density at radius 1 is 1.47 bits per heavy atom. The highest BCUT2D eigenvalue weighted by Gasteiger charge is 2.16. The molecule has 0 amide bonds. The van der Waals surface area contributed by atoms with Crippen LogP contribution in [-0.4, -0.2) is 24.5 Å². The number of rotatable bonds is 6. The second-order valence-corrected chi connectivity index (χ2v) is 6.48. The third-order valence-electron chi connectivity index (χ3n) is 3.71. The van der Waals surface area contributed by atoms with Gasteiger partial charge >= 0.3 is 0 Å². The van der Waals surface area contributed by atoms with E-state index in [-0.39, 0.29) is 6.04 Å². The summed E-state index contributed by atoms with van der Waals surface area (Å²) in [7, 11) is 0. The topological polar surface area (TPSA) is 35.2 Å². The Morgan fingerprint density at radius 3 is 2.95 bits per heavy atom. The summed E-state index contributed by atoms with van der Waals surface area (Å²) in [5, 5.41) is 0. The van der Waals surface area contributed by atoms with E-state index in [1.165, 1.54) is 28.9 Å². The third kappa shape index (κ3) is 4.51. The lowest BCUT2D eigenvalue weighted by Gasteiger charge is -2.13. The van der Waals surface area contributed by atoms with Crippen LogP contribution in [0.5, 0.6) is 0 Å². The Kier molecular flexibility index (Phi) is 5.74. The van der Waals surface area contributed by atoms with Crippen LogP contribution in [0, 0.1) is 6.92 Å². The number of hydrogen-bond donors (Lipinski definition) is 1. The van der Waals surface area contributed by atoms with E-state index >= 15 is 0 Å². The summed E-state index contributed by atoms with van der Waals surface area (Å²) in [4.78, 5) is 1.38. The fourth-order valence-corrected chi connectivity index (χ4v) is 3.49. The normalized spacial score (nSPS) is 20.7.